The van der Waals surface area contributed by atoms with E-state index < -0.39 is 30.5 Å². The number of hydrogen-bond acceptors (Lipinski definition) is 2. The highest BCUT2D eigenvalue weighted by Gasteiger charge is 2.38. The van der Waals surface area contributed by atoms with E-state index in [-0.39, 0.29) is 6.42 Å². The highest BCUT2D eigenvalue weighted by Crippen LogP contribution is 2.14. The summed E-state index contributed by atoms with van der Waals surface area (Å²) in [6.07, 6.45) is -4.80. The lowest BCUT2D eigenvalue weighted by molar-refractivity contribution is -0.174. The lowest BCUT2D eigenvalue weighted by atomic mass is 10.1. The van der Waals surface area contributed by atoms with E-state index in [9.17, 15) is 22.8 Å². The summed E-state index contributed by atoms with van der Waals surface area (Å²) in [5.41, 5.74) is 0. The topological polar surface area (TPSA) is 66.4 Å². The second-order valence-corrected chi connectivity index (χ2v) is 2.65. The summed E-state index contributed by atoms with van der Waals surface area (Å²) < 4.78 is 34.9. The molecule has 0 aliphatic rings. The molecule has 7 heteroatoms. The first kappa shape index (κ1) is 12.7. The zero-order valence-electron chi connectivity index (χ0n) is 7.39. The van der Waals surface area contributed by atoms with Crippen LogP contribution in [0, 0.1) is 5.92 Å². The summed E-state index contributed by atoms with van der Waals surface area (Å²) in [7, 11) is 0. The van der Waals surface area contributed by atoms with Crippen LogP contribution in [0.1, 0.15) is 13.3 Å². The molecule has 0 fully saturated rings. The molecule has 82 valence electrons. The standard InChI is InChI=1S/C7H10F3NO3/c1-2-4(5(12)13)3-11-6(14)7(8,9)10/h4H,2-3H2,1H3,(H,11,14)(H,12,13). The van der Waals surface area contributed by atoms with E-state index >= 15 is 0 Å². The Balaban J connectivity index is 4.05. The van der Waals surface area contributed by atoms with Gasteiger partial charge in [0.15, 0.2) is 0 Å². The fourth-order valence-electron chi connectivity index (χ4n) is 0.722. The third-order valence-electron chi connectivity index (χ3n) is 1.61. The minimum atomic E-state index is -4.96. The van der Waals surface area contributed by atoms with Crippen molar-refractivity contribution >= 4 is 11.9 Å². The monoisotopic (exact) mass is 213 g/mol. The van der Waals surface area contributed by atoms with Gasteiger partial charge in [-0.1, -0.05) is 6.92 Å². The summed E-state index contributed by atoms with van der Waals surface area (Å²) in [4.78, 5) is 20.6. The van der Waals surface area contributed by atoms with E-state index in [1.54, 1.807) is 0 Å². The number of halogens is 3. The number of carbonyl (C=O) groups excluding carboxylic acids is 1. The molecule has 1 amide bonds. The molecule has 0 aromatic rings. The smallest absolute Gasteiger partial charge is 0.471 e. The second-order valence-electron chi connectivity index (χ2n) is 2.65. The van der Waals surface area contributed by atoms with Gasteiger partial charge in [-0.2, -0.15) is 13.2 Å². The number of aliphatic carboxylic acids is 1. The van der Waals surface area contributed by atoms with Crippen LogP contribution in [-0.4, -0.2) is 29.7 Å². The molecule has 0 aromatic carbocycles. The van der Waals surface area contributed by atoms with Gasteiger partial charge in [0.25, 0.3) is 0 Å². The van der Waals surface area contributed by atoms with Gasteiger partial charge in [-0.05, 0) is 6.42 Å². The third kappa shape index (κ3) is 4.11. The van der Waals surface area contributed by atoms with Gasteiger partial charge in [0.05, 0.1) is 5.92 Å². The van der Waals surface area contributed by atoms with Crippen LogP contribution < -0.4 is 5.32 Å². The maximum atomic E-state index is 11.6. The van der Waals surface area contributed by atoms with E-state index in [1.165, 1.54) is 12.2 Å². The highest BCUT2D eigenvalue weighted by molar-refractivity contribution is 5.82. The molecule has 14 heavy (non-hydrogen) atoms. The molecule has 0 rings (SSSR count). The van der Waals surface area contributed by atoms with Crippen LogP contribution in [0.5, 0.6) is 0 Å². The van der Waals surface area contributed by atoms with E-state index in [1.807, 2.05) is 0 Å². The average Bonchev–Trinajstić information content (AvgIpc) is 2.02. The summed E-state index contributed by atoms with van der Waals surface area (Å²) in [6, 6.07) is 0. The van der Waals surface area contributed by atoms with E-state index in [0.29, 0.717) is 0 Å². The fourth-order valence-corrected chi connectivity index (χ4v) is 0.722. The first-order valence-electron chi connectivity index (χ1n) is 3.86. The SMILES string of the molecule is CCC(CNC(=O)C(F)(F)F)C(=O)O. The van der Waals surface area contributed by atoms with Crippen LogP contribution in [0.3, 0.4) is 0 Å². The molecule has 0 spiro atoms. The molecule has 4 nitrogen and oxygen atoms in total. The van der Waals surface area contributed by atoms with Crippen LogP contribution in [0.4, 0.5) is 13.2 Å². The van der Waals surface area contributed by atoms with Crippen molar-refractivity contribution in [2.24, 2.45) is 5.92 Å². The summed E-state index contributed by atoms with van der Waals surface area (Å²) in [6.45, 7) is 1.00. The minimum Gasteiger partial charge on any atom is -0.481 e. The Bertz CT molecular complexity index is 227. The summed E-state index contributed by atoms with van der Waals surface area (Å²) in [5.74, 6) is -4.33. The number of carboxylic acid groups (broad SMARTS) is 1. The maximum Gasteiger partial charge on any atom is 0.471 e. The number of carbonyl (C=O) groups is 2. The molecule has 0 radical (unpaired) electrons. The Labute approximate surface area is 78.1 Å². The third-order valence-corrected chi connectivity index (χ3v) is 1.61. The van der Waals surface area contributed by atoms with Crippen molar-refractivity contribution in [3.05, 3.63) is 0 Å². The molecule has 1 unspecified atom stereocenters. The Kier molecular flexibility index (Phi) is 4.39. The van der Waals surface area contributed by atoms with Crippen molar-refractivity contribution in [3.8, 4) is 0 Å². The van der Waals surface area contributed by atoms with Crippen molar-refractivity contribution in [2.45, 2.75) is 19.5 Å². The van der Waals surface area contributed by atoms with Crippen LogP contribution in [0.15, 0.2) is 0 Å². The molecule has 0 aromatic heterocycles. The average molecular weight is 213 g/mol. The van der Waals surface area contributed by atoms with E-state index in [0.717, 1.165) is 0 Å². The number of carboxylic acids is 1. The van der Waals surface area contributed by atoms with Crippen molar-refractivity contribution in [2.75, 3.05) is 6.54 Å². The zero-order valence-corrected chi connectivity index (χ0v) is 7.39. The predicted molar refractivity (Wildman–Crippen MR) is 40.5 cm³/mol. The second kappa shape index (κ2) is 4.83. The van der Waals surface area contributed by atoms with Gasteiger partial charge in [-0.25, -0.2) is 0 Å². The number of alkyl halides is 3. The summed E-state index contributed by atoms with van der Waals surface area (Å²) >= 11 is 0. The van der Waals surface area contributed by atoms with Gasteiger partial charge < -0.3 is 10.4 Å². The quantitative estimate of drug-likeness (QED) is 0.725. The number of amides is 1. The van der Waals surface area contributed by atoms with Gasteiger partial charge in [0.2, 0.25) is 0 Å². The highest BCUT2D eigenvalue weighted by atomic mass is 19.4. The van der Waals surface area contributed by atoms with Crippen molar-refractivity contribution in [1.29, 1.82) is 0 Å². The normalized spacial score (nSPS) is 13.4. The maximum absolute atomic E-state index is 11.6. The van der Waals surface area contributed by atoms with Crippen molar-refractivity contribution in [1.82, 2.24) is 5.32 Å². The van der Waals surface area contributed by atoms with Gasteiger partial charge in [-0.3, -0.25) is 9.59 Å². The first-order valence-corrected chi connectivity index (χ1v) is 3.86. The Morgan fingerprint density at radius 1 is 1.43 bits per heavy atom. The fraction of sp³-hybridized carbons (Fsp3) is 0.714. The molecule has 0 aliphatic carbocycles. The van der Waals surface area contributed by atoms with Crippen LogP contribution in [0.25, 0.3) is 0 Å². The molecule has 0 aliphatic heterocycles. The lowest BCUT2D eigenvalue weighted by Crippen LogP contribution is -2.40. The Hall–Kier alpha value is -1.27. The van der Waals surface area contributed by atoms with Gasteiger partial charge in [0.1, 0.15) is 0 Å². The Morgan fingerprint density at radius 3 is 2.21 bits per heavy atom. The molecular weight excluding hydrogens is 203 g/mol. The van der Waals surface area contributed by atoms with Gasteiger partial charge >= 0.3 is 18.1 Å². The van der Waals surface area contributed by atoms with Crippen molar-refractivity contribution in [3.63, 3.8) is 0 Å². The zero-order chi connectivity index (χ0) is 11.4. The molecule has 0 saturated carbocycles. The van der Waals surface area contributed by atoms with E-state index in [4.69, 9.17) is 5.11 Å². The predicted octanol–water partition coefficient (Wildman–Crippen LogP) is 0.776. The number of hydrogen-bond donors (Lipinski definition) is 2. The van der Waals surface area contributed by atoms with Crippen LogP contribution >= 0.6 is 0 Å². The molecule has 2 N–H and O–H groups in total. The van der Waals surface area contributed by atoms with Crippen LogP contribution in [0.2, 0.25) is 0 Å². The van der Waals surface area contributed by atoms with Crippen LogP contribution in [-0.2, 0) is 9.59 Å². The van der Waals surface area contributed by atoms with Gasteiger partial charge in [0, 0.05) is 6.54 Å². The molecule has 1 atom stereocenters. The minimum absolute atomic E-state index is 0.160. The summed E-state index contributed by atoms with van der Waals surface area (Å²) in [5, 5.41) is 9.97. The lowest BCUT2D eigenvalue weighted by Gasteiger charge is -2.12. The molecule has 0 heterocycles. The molecule has 0 saturated heterocycles. The number of rotatable bonds is 4. The largest absolute Gasteiger partial charge is 0.481 e. The molecule has 0 bridgehead atoms. The van der Waals surface area contributed by atoms with Crippen molar-refractivity contribution < 1.29 is 27.9 Å². The Morgan fingerprint density at radius 2 is 1.93 bits per heavy atom. The van der Waals surface area contributed by atoms with E-state index in [2.05, 4.69) is 0 Å². The number of nitrogens with one attached hydrogen (secondary N) is 1. The first-order chi connectivity index (χ1) is 6.29. The van der Waals surface area contributed by atoms with Gasteiger partial charge in [-0.15, -0.1) is 0 Å². The molecular formula is C7H10F3NO3.